The average molecular weight is 257 g/mol. The van der Waals surface area contributed by atoms with Crippen molar-refractivity contribution in [2.45, 2.75) is 45.6 Å². The summed E-state index contributed by atoms with van der Waals surface area (Å²) in [6.07, 6.45) is 1.60. The average Bonchev–Trinajstić information content (AvgIpc) is 2.57. The van der Waals surface area contributed by atoms with E-state index in [2.05, 4.69) is 0 Å². The molecule has 2 atom stereocenters. The summed E-state index contributed by atoms with van der Waals surface area (Å²) < 4.78 is 5.10. The highest BCUT2D eigenvalue weighted by Crippen LogP contribution is 2.17. The van der Waals surface area contributed by atoms with Crippen LogP contribution in [0.3, 0.4) is 0 Å². The highest BCUT2D eigenvalue weighted by Gasteiger charge is 2.35. The fraction of sp³-hybridized carbons (Fsp3) is 0.667. The van der Waals surface area contributed by atoms with Gasteiger partial charge in [0.15, 0.2) is 0 Å². The number of ether oxygens (including phenoxy) is 1. The van der Waals surface area contributed by atoms with E-state index in [-0.39, 0.29) is 11.8 Å². The molecule has 0 fully saturated rings. The minimum absolute atomic E-state index is 0.381. The van der Waals surface area contributed by atoms with E-state index >= 15 is 0 Å². The first-order valence-corrected chi connectivity index (χ1v) is 5.69. The molecule has 2 amide bonds. The molecule has 0 aromatic carbocycles. The van der Waals surface area contributed by atoms with Crippen molar-refractivity contribution in [2.75, 3.05) is 7.11 Å². The van der Waals surface area contributed by atoms with E-state index in [1.807, 2.05) is 20.8 Å². The maximum Gasteiger partial charge on any atom is 0.254 e. The highest BCUT2D eigenvalue weighted by atomic mass is 17.2. The number of hydrogen-bond donors (Lipinski definition) is 0. The zero-order valence-electron chi connectivity index (χ0n) is 11.3. The first-order valence-electron chi connectivity index (χ1n) is 5.69. The predicted octanol–water partition coefficient (Wildman–Crippen LogP) is 1.02. The van der Waals surface area contributed by atoms with E-state index in [0.29, 0.717) is 0 Å². The van der Waals surface area contributed by atoms with Gasteiger partial charge in [0.05, 0.1) is 11.6 Å². The Kier molecular flexibility index (Phi) is 4.61. The topological polar surface area (TPSA) is 65.1 Å². The van der Waals surface area contributed by atoms with E-state index in [1.165, 1.54) is 19.3 Å². The molecule has 102 valence electrons. The second-order valence-electron chi connectivity index (χ2n) is 5.02. The van der Waals surface area contributed by atoms with Crippen LogP contribution in [0.1, 0.15) is 27.7 Å². The van der Waals surface area contributed by atoms with Crippen LogP contribution < -0.4 is 0 Å². The fourth-order valence-corrected chi connectivity index (χ4v) is 1.44. The Morgan fingerprint density at radius 3 is 2.06 bits per heavy atom. The SMILES string of the molecule is COC(OOC(C)(C)C)C(C)N1C(=O)C=CC1=O. The molecule has 0 radical (unpaired) electrons. The van der Waals surface area contributed by atoms with Crippen LogP contribution in [0.2, 0.25) is 0 Å². The van der Waals surface area contributed by atoms with Crippen LogP contribution in [-0.2, 0) is 24.1 Å². The number of imide groups is 1. The largest absolute Gasteiger partial charge is 0.351 e. The van der Waals surface area contributed by atoms with Gasteiger partial charge in [-0.05, 0) is 27.7 Å². The van der Waals surface area contributed by atoms with Gasteiger partial charge in [0.1, 0.15) is 0 Å². The van der Waals surface area contributed by atoms with Gasteiger partial charge in [-0.3, -0.25) is 14.5 Å². The van der Waals surface area contributed by atoms with Gasteiger partial charge in [0.2, 0.25) is 6.29 Å². The zero-order valence-corrected chi connectivity index (χ0v) is 11.3. The molecule has 0 spiro atoms. The molecule has 1 rings (SSSR count). The molecule has 18 heavy (non-hydrogen) atoms. The lowest BCUT2D eigenvalue weighted by molar-refractivity contribution is -0.418. The number of rotatable bonds is 5. The molecule has 2 unspecified atom stereocenters. The Morgan fingerprint density at radius 1 is 1.17 bits per heavy atom. The van der Waals surface area contributed by atoms with Gasteiger partial charge in [-0.2, -0.15) is 0 Å². The quantitative estimate of drug-likeness (QED) is 0.318. The van der Waals surface area contributed by atoms with E-state index in [0.717, 1.165) is 4.90 Å². The molecule has 6 heteroatoms. The number of carbonyl (C=O) groups excluding carboxylic acids is 2. The standard InChI is InChI=1S/C12H19NO5/c1-8(13-9(14)6-7-10(13)15)11(16-5)17-18-12(2,3)4/h6-8,11H,1-5H3. The van der Waals surface area contributed by atoms with Crippen LogP contribution in [0.4, 0.5) is 0 Å². The van der Waals surface area contributed by atoms with Gasteiger partial charge >= 0.3 is 0 Å². The molecule has 0 bridgehead atoms. The Hall–Kier alpha value is -1.24. The van der Waals surface area contributed by atoms with Crippen molar-refractivity contribution in [3.05, 3.63) is 12.2 Å². The summed E-state index contributed by atoms with van der Waals surface area (Å²) in [5, 5.41) is 0. The third kappa shape index (κ3) is 3.63. The zero-order chi connectivity index (χ0) is 13.9. The van der Waals surface area contributed by atoms with Crippen molar-refractivity contribution in [1.82, 2.24) is 4.90 Å². The van der Waals surface area contributed by atoms with Crippen LogP contribution in [0, 0.1) is 0 Å². The van der Waals surface area contributed by atoms with Crippen molar-refractivity contribution < 1.29 is 24.1 Å². The van der Waals surface area contributed by atoms with Gasteiger partial charge < -0.3 is 4.74 Å². The molecule has 0 saturated heterocycles. The second kappa shape index (κ2) is 5.60. The van der Waals surface area contributed by atoms with E-state index in [4.69, 9.17) is 14.5 Å². The minimum atomic E-state index is -0.836. The second-order valence-corrected chi connectivity index (χ2v) is 5.02. The van der Waals surface area contributed by atoms with Gasteiger partial charge in [-0.25, -0.2) is 9.78 Å². The summed E-state index contributed by atoms with van der Waals surface area (Å²) in [6, 6.07) is -0.577. The smallest absolute Gasteiger partial charge is 0.254 e. The Morgan fingerprint density at radius 2 is 1.67 bits per heavy atom. The molecule has 0 saturated carbocycles. The summed E-state index contributed by atoms with van der Waals surface area (Å²) in [7, 11) is 1.42. The van der Waals surface area contributed by atoms with Gasteiger partial charge in [0.25, 0.3) is 11.8 Å². The Labute approximate surface area is 106 Å². The van der Waals surface area contributed by atoms with E-state index in [1.54, 1.807) is 6.92 Å². The molecule has 0 aliphatic carbocycles. The number of nitrogens with zero attached hydrogens (tertiary/aromatic N) is 1. The minimum Gasteiger partial charge on any atom is -0.351 e. The normalized spacial score (nSPS) is 19.5. The molecule has 0 aromatic heterocycles. The lowest BCUT2D eigenvalue weighted by Gasteiger charge is -2.30. The summed E-state index contributed by atoms with van der Waals surface area (Å²) in [5.74, 6) is -0.761. The monoisotopic (exact) mass is 257 g/mol. The Bertz CT molecular complexity index is 340. The molecule has 1 aliphatic heterocycles. The third-order valence-corrected chi connectivity index (χ3v) is 2.27. The first-order chi connectivity index (χ1) is 8.26. The number of methoxy groups -OCH3 is 1. The summed E-state index contributed by atoms with van der Waals surface area (Å²) >= 11 is 0. The summed E-state index contributed by atoms with van der Waals surface area (Å²) in [6.45, 7) is 7.11. The molecular formula is C12H19NO5. The molecule has 0 aromatic rings. The molecular weight excluding hydrogens is 238 g/mol. The maximum absolute atomic E-state index is 11.5. The van der Waals surface area contributed by atoms with Crippen molar-refractivity contribution in [3.8, 4) is 0 Å². The third-order valence-electron chi connectivity index (χ3n) is 2.27. The first kappa shape index (κ1) is 14.8. The fourth-order valence-electron chi connectivity index (χ4n) is 1.44. The molecule has 1 heterocycles. The van der Waals surface area contributed by atoms with Crippen molar-refractivity contribution >= 4 is 11.8 Å². The number of amides is 2. The molecule has 1 aliphatic rings. The van der Waals surface area contributed by atoms with Crippen LogP contribution in [0.15, 0.2) is 12.2 Å². The lowest BCUT2D eigenvalue weighted by Crippen LogP contribution is -2.47. The van der Waals surface area contributed by atoms with Crippen LogP contribution in [0.25, 0.3) is 0 Å². The summed E-state index contributed by atoms with van der Waals surface area (Å²) in [4.78, 5) is 34.4. The Balaban J connectivity index is 2.65. The van der Waals surface area contributed by atoms with Crippen molar-refractivity contribution in [3.63, 3.8) is 0 Å². The number of hydrogen-bond acceptors (Lipinski definition) is 5. The van der Waals surface area contributed by atoms with E-state index in [9.17, 15) is 9.59 Å². The van der Waals surface area contributed by atoms with Crippen LogP contribution >= 0.6 is 0 Å². The number of carbonyl (C=O) groups is 2. The van der Waals surface area contributed by atoms with Crippen molar-refractivity contribution in [2.24, 2.45) is 0 Å². The van der Waals surface area contributed by atoms with Crippen LogP contribution in [-0.4, -0.2) is 41.8 Å². The maximum atomic E-state index is 11.5. The highest BCUT2D eigenvalue weighted by molar-refractivity contribution is 6.13. The molecule has 6 nitrogen and oxygen atoms in total. The van der Waals surface area contributed by atoms with E-state index < -0.39 is 17.9 Å². The predicted molar refractivity (Wildman–Crippen MR) is 63.2 cm³/mol. The lowest BCUT2D eigenvalue weighted by atomic mass is 10.2. The van der Waals surface area contributed by atoms with Crippen LogP contribution in [0.5, 0.6) is 0 Å². The van der Waals surface area contributed by atoms with Gasteiger partial charge in [-0.15, -0.1) is 0 Å². The summed E-state index contributed by atoms with van der Waals surface area (Å²) in [5.41, 5.74) is -0.506. The van der Waals surface area contributed by atoms with Crippen molar-refractivity contribution in [1.29, 1.82) is 0 Å². The van der Waals surface area contributed by atoms with Gasteiger partial charge in [-0.1, -0.05) is 0 Å². The molecule has 0 N–H and O–H groups in total. The van der Waals surface area contributed by atoms with Gasteiger partial charge in [0, 0.05) is 19.3 Å².